The van der Waals surface area contributed by atoms with Crippen LogP contribution in [0.2, 0.25) is 0 Å². The van der Waals surface area contributed by atoms with Crippen molar-refractivity contribution in [3.05, 3.63) is 12.7 Å². The summed E-state index contributed by atoms with van der Waals surface area (Å²) in [7, 11) is 0. The molecule has 1 aliphatic carbocycles. The largest absolute Gasteiger partial charge is 0.377 e. The van der Waals surface area contributed by atoms with E-state index in [1.165, 1.54) is 0 Å². The second-order valence-corrected chi connectivity index (χ2v) is 2.49. The molecule has 0 amide bonds. The van der Waals surface area contributed by atoms with Crippen molar-refractivity contribution in [1.82, 2.24) is 0 Å². The van der Waals surface area contributed by atoms with E-state index < -0.39 is 11.8 Å². The zero-order valence-corrected chi connectivity index (χ0v) is 5.65. The van der Waals surface area contributed by atoms with Crippen LogP contribution in [-0.2, 0) is 4.74 Å². The van der Waals surface area contributed by atoms with Gasteiger partial charge in [0.15, 0.2) is 0 Å². The maximum Gasteiger partial charge on any atom is 0.253 e. The van der Waals surface area contributed by atoms with Gasteiger partial charge in [-0.1, -0.05) is 6.08 Å². The van der Waals surface area contributed by atoms with E-state index in [4.69, 9.17) is 4.74 Å². The van der Waals surface area contributed by atoms with Crippen LogP contribution in [0, 0.1) is 5.92 Å². The van der Waals surface area contributed by atoms with Gasteiger partial charge in [-0.05, 0) is 0 Å². The van der Waals surface area contributed by atoms with Crippen LogP contribution in [0.25, 0.3) is 0 Å². The van der Waals surface area contributed by atoms with Gasteiger partial charge in [0.05, 0.1) is 19.1 Å². The van der Waals surface area contributed by atoms with Crippen molar-refractivity contribution in [3.8, 4) is 0 Å². The van der Waals surface area contributed by atoms with Gasteiger partial charge in [-0.3, -0.25) is 0 Å². The molecule has 0 aliphatic heterocycles. The Morgan fingerprint density at radius 3 is 2.70 bits per heavy atom. The van der Waals surface area contributed by atoms with Crippen molar-refractivity contribution in [3.63, 3.8) is 0 Å². The van der Waals surface area contributed by atoms with Crippen LogP contribution < -0.4 is 0 Å². The Labute approximate surface area is 58.7 Å². The SMILES string of the molecule is C=CCOCC1CC1(F)F. The predicted molar refractivity (Wildman–Crippen MR) is 34.1 cm³/mol. The molecule has 58 valence electrons. The summed E-state index contributed by atoms with van der Waals surface area (Å²) in [4.78, 5) is 0. The molecule has 0 spiro atoms. The van der Waals surface area contributed by atoms with Crippen LogP contribution in [0.5, 0.6) is 0 Å². The molecule has 1 nitrogen and oxygen atoms in total. The molecule has 0 heterocycles. The molecule has 3 heteroatoms. The quantitative estimate of drug-likeness (QED) is 0.436. The molecular formula is C7H10F2O. The average Bonchev–Trinajstić information content (AvgIpc) is 2.41. The van der Waals surface area contributed by atoms with Gasteiger partial charge < -0.3 is 4.74 Å². The summed E-state index contributed by atoms with van der Waals surface area (Å²) in [5.74, 6) is -2.98. The van der Waals surface area contributed by atoms with Crippen molar-refractivity contribution in [2.45, 2.75) is 12.3 Å². The minimum Gasteiger partial charge on any atom is -0.377 e. The van der Waals surface area contributed by atoms with Gasteiger partial charge in [0.1, 0.15) is 0 Å². The third kappa shape index (κ3) is 1.77. The Bertz CT molecular complexity index is 134. The first-order chi connectivity index (χ1) is 4.67. The molecule has 0 bridgehead atoms. The fourth-order valence-corrected chi connectivity index (χ4v) is 0.744. The van der Waals surface area contributed by atoms with E-state index in [0.717, 1.165) is 0 Å². The third-order valence-corrected chi connectivity index (χ3v) is 1.51. The van der Waals surface area contributed by atoms with Crippen molar-refractivity contribution < 1.29 is 13.5 Å². The number of ether oxygens (including phenoxy) is 1. The Hall–Kier alpha value is -0.440. The summed E-state index contributed by atoms with van der Waals surface area (Å²) >= 11 is 0. The second kappa shape index (κ2) is 2.66. The fraction of sp³-hybridized carbons (Fsp3) is 0.714. The Balaban J connectivity index is 2.02. The van der Waals surface area contributed by atoms with E-state index in [0.29, 0.717) is 6.61 Å². The number of rotatable bonds is 4. The lowest BCUT2D eigenvalue weighted by Gasteiger charge is -1.97. The van der Waals surface area contributed by atoms with Crippen molar-refractivity contribution >= 4 is 0 Å². The van der Waals surface area contributed by atoms with Crippen molar-refractivity contribution in [2.24, 2.45) is 5.92 Å². The van der Waals surface area contributed by atoms with E-state index in [2.05, 4.69) is 6.58 Å². The summed E-state index contributed by atoms with van der Waals surface area (Å²) in [6, 6.07) is 0. The molecule has 0 aromatic rings. The smallest absolute Gasteiger partial charge is 0.253 e. The number of hydrogen-bond acceptors (Lipinski definition) is 1. The van der Waals surface area contributed by atoms with Gasteiger partial charge >= 0.3 is 0 Å². The summed E-state index contributed by atoms with van der Waals surface area (Å²) < 4.78 is 29.1. The van der Waals surface area contributed by atoms with E-state index in [1.807, 2.05) is 0 Å². The van der Waals surface area contributed by atoms with Gasteiger partial charge in [-0.25, -0.2) is 8.78 Å². The lowest BCUT2D eigenvalue weighted by atomic mass is 10.4. The Morgan fingerprint density at radius 1 is 1.70 bits per heavy atom. The minimum absolute atomic E-state index is 0.00978. The first kappa shape index (κ1) is 7.66. The third-order valence-electron chi connectivity index (χ3n) is 1.51. The topological polar surface area (TPSA) is 9.23 Å². The molecule has 0 aromatic heterocycles. The van der Waals surface area contributed by atoms with E-state index in [9.17, 15) is 8.78 Å². The fourth-order valence-electron chi connectivity index (χ4n) is 0.744. The van der Waals surface area contributed by atoms with Crippen LogP contribution in [0.4, 0.5) is 8.78 Å². The Morgan fingerprint density at radius 2 is 2.30 bits per heavy atom. The summed E-state index contributed by atoms with van der Waals surface area (Å²) in [5, 5.41) is 0. The molecule has 1 aliphatic rings. The van der Waals surface area contributed by atoms with Gasteiger partial charge in [0.2, 0.25) is 0 Å². The molecule has 10 heavy (non-hydrogen) atoms. The van der Waals surface area contributed by atoms with Crippen molar-refractivity contribution in [1.29, 1.82) is 0 Å². The van der Waals surface area contributed by atoms with E-state index >= 15 is 0 Å². The van der Waals surface area contributed by atoms with Gasteiger partial charge in [-0.15, -0.1) is 6.58 Å². The average molecular weight is 148 g/mol. The summed E-state index contributed by atoms with van der Waals surface area (Å²) in [6.07, 6.45) is 1.55. The highest BCUT2D eigenvalue weighted by molar-refractivity contribution is 4.94. The molecule has 1 unspecified atom stereocenters. The molecule has 0 N–H and O–H groups in total. The number of hydrogen-bond donors (Lipinski definition) is 0. The molecular weight excluding hydrogens is 138 g/mol. The summed E-state index contributed by atoms with van der Waals surface area (Å²) in [5.41, 5.74) is 0. The standard InChI is InChI=1S/C7H10F2O/c1-2-3-10-5-6-4-7(6,8)9/h2,6H,1,3-5H2. The van der Waals surface area contributed by atoms with Crippen LogP contribution >= 0.6 is 0 Å². The minimum atomic E-state index is -2.44. The molecule has 1 rings (SSSR count). The molecule has 0 aromatic carbocycles. The van der Waals surface area contributed by atoms with E-state index in [-0.39, 0.29) is 13.0 Å². The van der Waals surface area contributed by atoms with E-state index in [1.54, 1.807) is 6.08 Å². The number of halogens is 2. The van der Waals surface area contributed by atoms with Gasteiger partial charge in [-0.2, -0.15) is 0 Å². The zero-order chi connectivity index (χ0) is 7.61. The van der Waals surface area contributed by atoms with Crippen LogP contribution in [-0.4, -0.2) is 19.1 Å². The molecule has 1 atom stereocenters. The normalized spacial score (nSPS) is 28.0. The summed E-state index contributed by atoms with van der Waals surface area (Å²) in [6.45, 7) is 3.94. The van der Waals surface area contributed by atoms with Crippen LogP contribution in [0.1, 0.15) is 6.42 Å². The monoisotopic (exact) mass is 148 g/mol. The lowest BCUT2D eigenvalue weighted by molar-refractivity contribution is 0.0628. The van der Waals surface area contributed by atoms with Gasteiger partial charge in [0, 0.05) is 6.42 Å². The van der Waals surface area contributed by atoms with Crippen LogP contribution in [0.15, 0.2) is 12.7 Å². The highest BCUT2D eigenvalue weighted by atomic mass is 19.3. The lowest BCUT2D eigenvalue weighted by Crippen LogP contribution is -2.02. The van der Waals surface area contributed by atoms with Gasteiger partial charge in [0.25, 0.3) is 5.92 Å². The number of alkyl halides is 2. The molecule has 0 saturated heterocycles. The highest BCUT2D eigenvalue weighted by Gasteiger charge is 2.56. The molecule has 1 fully saturated rings. The molecule has 0 radical (unpaired) electrons. The maximum absolute atomic E-state index is 12.1. The highest BCUT2D eigenvalue weighted by Crippen LogP contribution is 2.48. The van der Waals surface area contributed by atoms with Crippen molar-refractivity contribution in [2.75, 3.05) is 13.2 Å². The molecule has 1 saturated carbocycles. The Kier molecular flexibility index (Phi) is 2.04. The maximum atomic E-state index is 12.1. The zero-order valence-electron chi connectivity index (χ0n) is 5.65. The van der Waals surface area contributed by atoms with Crippen LogP contribution in [0.3, 0.4) is 0 Å². The predicted octanol–water partition coefficient (Wildman–Crippen LogP) is 1.84. The first-order valence-corrected chi connectivity index (χ1v) is 3.23. The first-order valence-electron chi connectivity index (χ1n) is 3.23. The second-order valence-electron chi connectivity index (χ2n) is 2.49.